The van der Waals surface area contributed by atoms with E-state index in [-0.39, 0.29) is 36.3 Å². The normalized spacial score (nSPS) is 22.5. The fourth-order valence-electron chi connectivity index (χ4n) is 5.84. The number of likely N-dealkylation sites (tertiary alicyclic amines) is 1. The summed E-state index contributed by atoms with van der Waals surface area (Å²) >= 11 is 0. The second-order valence-corrected chi connectivity index (χ2v) is 10.1. The molecule has 2 aromatic rings. The zero-order valence-electron chi connectivity index (χ0n) is 20.0. The van der Waals surface area contributed by atoms with Crippen molar-refractivity contribution in [2.24, 2.45) is 17.8 Å². The van der Waals surface area contributed by atoms with Gasteiger partial charge in [-0.1, -0.05) is 68.3 Å². The van der Waals surface area contributed by atoms with Crippen LogP contribution in [0.3, 0.4) is 0 Å². The summed E-state index contributed by atoms with van der Waals surface area (Å²) in [5.41, 5.74) is 4.69. The Morgan fingerprint density at radius 3 is 2.23 bits per heavy atom. The monoisotopic (exact) mass is 476 g/mol. The lowest BCUT2D eigenvalue weighted by molar-refractivity contribution is -0.153. The molecule has 1 aliphatic heterocycles. The number of rotatable bonds is 6. The van der Waals surface area contributed by atoms with Gasteiger partial charge in [0.2, 0.25) is 5.91 Å². The molecule has 7 nitrogen and oxygen atoms in total. The van der Waals surface area contributed by atoms with E-state index in [9.17, 15) is 19.5 Å². The number of carbonyl (C=O) groups excluding carboxylic acids is 2. The molecule has 0 bridgehead atoms. The molecule has 35 heavy (non-hydrogen) atoms. The first-order valence-electron chi connectivity index (χ1n) is 12.6. The molecule has 2 aromatic carbocycles. The first-order chi connectivity index (χ1) is 16.9. The van der Waals surface area contributed by atoms with E-state index in [1.807, 2.05) is 24.3 Å². The van der Waals surface area contributed by atoms with Gasteiger partial charge in [-0.15, -0.1) is 0 Å². The van der Waals surface area contributed by atoms with Crippen LogP contribution in [0.25, 0.3) is 11.1 Å². The van der Waals surface area contributed by atoms with Gasteiger partial charge in [0.1, 0.15) is 6.61 Å². The highest BCUT2D eigenvalue weighted by atomic mass is 16.5. The average Bonchev–Trinajstić information content (AvgIpc) is 3.15. The molecule has 7 heteroatoms. The number of carbonyl (C=O) groups is 3. The molecule has 3 unspecified atom stereocenters. The average molecular weight is 477 g/mol. The number of ether oxygens (including phenoxy) is 1. The molecular weight excluding hydrogens is 444 g/mol. The number of hydrogen-bond donors (Lipinski definition) is 2. The number of nitrogens with one attached hydrogen (secondary N) is 1. The number of amides is 2. The van der Waals surface area contributed by atoms with Crippen molar-refractivity contribution < 1.29 is 24.2 Å². The van der Waals surface area contributed by atoms with E-state index < -0.39 is 18.0 Å². The summed E-state index contributed by atoms with van der Waals surface area (Å²) < 4.78 is 5.71. The predicted molar refractivity (Wildman–Crippen MR) is 131 cm³/mol. The maximum Gasteiger partial charge on any atom is 0.407 e. The molecule has 2 fully saturated rings. The zero-order valence-corrected chi connectivity index (χ0v) is 20.0. The van der Waals surface area contributed by atoms with E-state index in [0.717, 1.165) is 36.8 Å². The summed E-state index contributed by atoms with van der Waals surface area (Å²) in [5, 5.41) is 12.2. The van der Waals surface area contributed by atoms with Crippen LogP contribution < -0.4 is 5.32 Å². The van der Waals surface area contributed by atoms with Crippen LogP contribution in [0.1, 0.15) is 49.7 Å². The van der Waals surface area contributed by atoms with E-state index >= 15 is 0 Å². The number of hydrogen-bond acceptors (Lipinski definition) is 4. The lowest BCUT2D eigenvalue weighted by Gasteiger charge is -2.44. The van der Waals surface area contributed by atoms with Gasteiger partial charge >= 0.3 is 12.1 Å². The van der Waals surface area contributed by atoms with Gasteiger partial charge in [0.15, 0.2) is 0 Å². The van der Waals surface area contributed by atoms with Crippen molar-refractivity contribution in [1.29, 1.82) is 0 Å². The third kappa shape index (κ3) is 4.51. The molecule has 0 spiro atoms. The number of carboxylic acid groups (broad SMARTS) is 1. The van der Waals surface area contributed by atoms with Crippen molar-refractivity contribution in [3.05, 3.63) is 59.7 Å². The quantitative estimate of drug-likeness (QED) is 0.649. The molecule has 2 amide bonds. The lowest BCUT2D eigenvalue weighted by atomic mass is 9.81. The van der Waals surface area contributed by atoms with Gasteiger partial charge in [-0.25, -0.2) is 4.79 Å². The molecule has 0 aromatic heterocycles. The zero-order chi connectivity index (χ0) is 24.5. The highest BCUT2D eigenvalue weighted by Crippen LogP contribution is 2.44. The van der Waals surface area contributed by atoms with Crippen molar-refractivity contribution in [2.75, 3.05) is 19.7 Å². The Morgan fingerprint density at radius 1 is 1.00 bits per heavy atom. The molecule has 184 valence electrons. The first kappa shape index (κ1) is 23.4. The number of alkyl carbamates (subject to hydrolysis) is 1. The van der Waals surface area contributed by atoms with E-state index in [1.54, 1.807) is 11.8 Å². The maximum atomic E-state index is 13.1. The Labute approximate surface area is 205 Å². The third-order valence-electron chi connectivity index (χ3n) is 8.05. The fourth-order valence-corrected chi connectivity index (χ4v) is 5.84. The highest BCUT2D eigenvalue weighted by Gasteiger charge is 2.42. The smallest absolute Gasteiger partial charge is 0.407 e. The summed E-state index contributed by atoms with van der Waals surface area (Å²) in [6, 6.07) is 16.2. The Kier molecular flexibility index (Phi) is 6.50. The summed E-state index contributed by atoms with van der Waals surface area (Å²) in [6.45, 7) is 2.88. The summed E-state index contributed by atoms with van der Waals surface area (Å²) in [7, 11) is 0. The second kappa shape index (κ2) is 9.72. The van der Waals surface area contributed by atoms with Gasteiger partial charge in [0, 0.05) is 31.0 Å². The number of carboxylic acids is 1. The van der Waals surface area contributed by atoms with Crippen LogP contribution in [-0.2, 0) is 14.3 Å². The van der Waals surface area contributed by atoms with Crippen LogP contribution in [0.15, 0.2) is 48.5 Å². The lowest BCUT2D eigenvalue weighted by Crippen LogP contribution is -2.58. The fraction of sp³-hybridized carbons (Fsp3) is 0.464. The van der Waals surface area contributed by atoms with Crippen LogP contribution in [0.5, 0.6) is 0 Å². The van der Waals surface area contributed by atoms with Crippen LogP contribution >= 0.6 is 0 Å². The van der Waals surface area contributed by atoms with Crippen LogP contribution in [0.2, 0.25) is 0 Å². The number of fused-ring (bicyclic) bond motifs is 3. The number of benzene rings is 2. The van der Waals surface area contributed by atoms with Crippen molar-refractivity contribution in [3.8, 4) is 11.1 Å². The van der Waals surface area contributed by atoms with Crippen molar-refractivity contribution in [2.45, 2.75) is 44.6 Å². The van der Waals surface area contributed by atoms with E-state index in [2.05, 4.69) is 29.6 Å². The summed E-state index contributed by atoms with van der Waals surface area (Å²) in [6.07, 6.45) is 2.88. The largest absolute Gasteiger partial charge is 0.481 e. The van der Waals surface area contributed by atoms with Crippen LogP contribution in [0, 0.1) is 17.8 Å². The molecule has 3 aliphatic rings. The number of nitrogens with zero attached hydrogens (tertiary/aromatic N) is 1. The standard InChI is InChI=1S/C28H32N2O5/c1-17(27(32)33)18-14-30(15-18)26(31)23-12-6-7-13-25(23)29-28(34)35-16-24-21-10-4-2-8-19(21)20-9-3-5-11-22(20)24/h2-5,8-11,17-18,23-25H,6-7,12-16H2,1H3,(H,29,34)(H,32,33). The molecule has 5 rings (SSSR count). The minimum Gasteiger partial charge on any atom is -0.481 e. The van der Waals surface area contributed by atoms with Gasteiger partial charge in [0.25, 0.3) is 0 Å². The summed E-state index contributed by atoms with van der Waals surface area (Å²) in [5.74, 6) is -1.57. The van der Waals surface area contributed by atoms with Gasteiger partial charge < -0.3 is 20.1 Å². The molecule has 2 aliphatic carbocycles. The minimum absolute atomic E-state index is 0.00594. The molecule has 1 heterocycles. The van der Waals surface area contributed by atoms with E-state index in [4.69, 9.17) is 4.74 Å². The van der Waals surface area contributed by atoms with Crippen molar-refractivity contribution in [1.82, 2.24) is 10.2 Å². The van der Waals surface area contributed by atoms with E-state index in [0.29, 0.717) is 13.1 Å². The Bertz CT molecular complexity index is 1080. The Balaban J connectivity index is 1.19. The van der Waals surface area contributed by atoms with Crippen molar-refractivity contribution >= 4 is 18.0 Å². The van der Waals surface area contributed by atoms with Crippen LogP contribution in [0.4, 0.5) is 4.79 Å². The highest BCUT2D eigenvalue weighted by molar-refractivity contribution is 5.82. The Hall–Kier alpha value is -3.35. The predicted octanol–water partition coefficient (Wildman–Crippen LogP) is 4.26. The van der Waals surface area contributed by atoms with Gasteiger partial charge in [-0.3, -0.25) is 9.59 Å². The van der Waals surface area contributed by atoms with E-state index in [1.165, 1.54) is 11.1 Å². The van der Waals surface area contributed by atoms with Gasteiger partial charge in [-0.2, -0.15) is 0 Å². The first-order valence-corrected chi connectivity index (χ1v) is 12.6. The SMILES string of the molecule is CC(C(=O)O)C1CN(C(=O)C2CCCCC2NC(=O)OCC2c3ccccc3-c3ccccc32)C1. The Morgan fingerprint density at radius 2 is 1.60 bits per heavy atom. The molecule has 3 atom stereocenters. The van der Waals surface area contributed by atoms with Crippen molar-refractivity contribution in [3.63, 3.8) is 0 Å². The topological polar surface area (TPSA) is 95.9 Å². The molecule has 2 N–H and O–H groups in total. The van der Waals surface area contributed by atoms with Crippen LogP contribution in [-0.4, -0.2) is 53.7 Å². The molecule has 0 radical (unpaired) electrons. The van der Waals surface area contributed by atoms with Gasteiger partial charge in [-0.05, 0) is 35.1 Å². The third-order valence-corrected chi connectivity index (χ3v) is 8.05. The molecule has 1 saturated carbocycles. The molecular formula is C28H32N2O5. The minimum atomic E-state index is -0.824. The molecule has 1 saturated heterocycles. The number of aliphatic carboxylic acids is 1. The second-order valence-electron chi connectivity index (χ2n) is 10.1. The maximum absolute atomic E-state index is 13.1. The summed E-state index contributed by atoms with van der Waals surface area (Å²) in [4.78, 5) is 38.9. The van der Waals surface area contributed by atoms with Gasteiger partial charge in [0.05, 0.1) is 11.8 Å².